The molecule has 0 aromatic rings. The second-order valence-electron chi connectivity index (χ2n) is 4.89. The highest BCUT2D eigenvalue weighted by atomic mass is 32.1. The quantitative estimate of drug-likeness (QED) is 0.459. The first-order chi connectivity index (χ1) is 7.65. The van der Waals surface area contributed by atoms with Gasteiger partial charge in [-0.2, -0.15) is 12.6 Å². The molecule has 100 valence electrons. The SMILES string of the molecule is CCCCCCCCCCCS.CN(C)C. The summed E-state index contributed by atoms with van der Waals surface area (Å²) in [6, 6.07) is 0. The normalized spacial score (nSPS) is 10.1. The summed E-state index contributed by atoms with van der Waals surface area (Å²) >= 11 is 4.19. The molecule has 0 unspecified atom stereocenters. The Kier molecular flexibility index (Phi) is 20.6. The summed E-state index contributed by atoms with van der Waals surface area (Å²) in [5.74, 6) is 1.07. The summed E-state index contributed by atoms with van der Waals surface area (Å²) < 4.78 is 0. The minimum absolute atomic E-state index is 1.07. The molecule has 0 aliphatic carbocycles. The van der Waals surface area contributed by atoms with Crippen LogP contribution in [0.5, 0.6) is 0 Å². The zero-order chi connectivity index (χ0) is 12.6. The van der Waals surface area contributed by atoms with Gasteiger partial charge in [-0.05, 0) is 33.3 Å². The minimum Gasteiger partial charge on any atom is -0.312 e. The molecule has 0 saturated heterocycles. The predicted octanol–water partition coefficient (Wildman–Crippen LogP) is 4.62. The van der Waals surface area contributed by atoms with Crippen molar-refractivity contribution in [3.63, 3.8) is 0 Å². The van der Waals surface area contributed by atoms with Gasteiger partial charge < -0.3 is 4.90 Å². The van der Waals surface area contributed by atoms with E-state index in [2.05, 4.69) is 19.6 Å². The average molecular weight is 247 g/mol. The molecular weight excluding hydrogens is 214 g/mol. The van der Waals surface area contributed by atoms with Crippen molar-refractivity contribution < 1.29 is 0 Å². The zero-order valence-electron chi connectivity index (χ0n) is 12.0. The predicted molar refractivity (Wildman–Crippen MR) is 80.7 cm³/mol. The zero-order valence-corrected chi connectivity index (χ0v) is 12.9. The highest BCUT2D eigenvalue weighted by molar-refractivity contribution is 7.80. The Morgan fingerprint density at radius 3 is 1.31 bits per heavy atom. The lowest BCUT2D eigenvalue weighted by atomic mass is 10.1. The van der Waals surface area contributed by atoms with Crippen molar-refractivity contribution in [1.82, 2.24) is 4.90 Å². The standard InChI is InChI=1S/C11H24S.C3H9N/c1-2-3-4-5-6-7-8-9-10-11-12;1-4(2)3/h12H,2-11H2,1H3;1-3H3. The number of hydrogen-bond donors (Lipinski definition) is 1. The molecule has 0 atom stereocenters. The van der Waals surface area contributed by atoms with E-state index in [1.54, 1.807) is 0 Å². The van der Waals surface area contributed by atoms with Crippen LogP contribution >= 0.6 is 12.6 Å². The van der Waals surface area contributed by atoms with Crippen LogP contribution in [0.3, 0.4) is 0 Å². The fourth-order valence-corrected chi connectivity index (χ4v) is 1.65. The van der Waals surface area contributed by atoms with Crippen LogP contribution in [-0.2, 0) is 0 Å². The highest BCUT2D eigenvalue weighted by Crippen LogP contribution is 2.09. The van der Waals surface area contributed by atoms with Gasteiger partial charge in [-0.3, -0.25) is 0 Å². The molecule has 0 heterocycles. The highest BCUT2D eigenvalue weighted by Gasteiger charge is 1.90. The topological polar surface area (TPSA) is 3.24 Å². The number of hydrogen-bond acceptors (Lipinski definition) is 2. The van der Waals surface area contributed by atoms with Gasteiger partial charge in [0.15, 0.2) is 0 Å². The molecule has 0 rings (SSSR count). The van der Waals surface area contributed by atoms with Crippen LogP contribution in [0.4, 0.5) is 0 Å². The molecular formula is C14H33NS. The van der Waals surface area contributed by atoms with Crippen molar-refractivity contribution in [3.05, 3.63) is 0 Å². The Balaban J connectivity index is 0. The first kappa shape index (κ1) is 18.7. The van der Waals surface area contributed by atoms with Gasteiger partial charge in [-0.1, -0.05) is 58.3 Å². The summed E-state index contributed by atoms with van der Waals surface area (Å²) in [7, 11) is 6.00. The summed E-state index contributed by atoms with van der Waals surface area (Å²) in [6.45, 7) is 2.27. The van der Waals surface area contributed by atoms with Crippen LogP contribution in [0, 0.1) is 0 Å². The van der Waals surface area contributed by atoms with Crippen molar-refractivity contribution in [2.75, 3.05) is 26.9 Å². The van der Waals surface area contributed by atoms with Gasteiger partial charge in [-0.25, -0.2) is 0 Å². The molecule has 16 heavy (non-hydrogen) atoms. The molecule has 0 amide bonds. The number of unbranched alkanes of at least 4 members (excludes halogenated alkanes) is 8. The third-order valence-corrected chi connectivity index (χ3v) is 2.58. The Morgan fingerprint density at radius 2 is 1.00 bits per heavy atom. The van der Waals surface area contributed by atoms with E-state index in [1.165, 1.54) is 57.8 Å². The van der Waals surface area contributed by atoms with Crippen molar-refractivity contribution in [3.8, 4) is 0 Å². The fourth-order valence-electron chi connectivity index (χ4n) is 1.42. The molecule has 0 spiro atoms. The van der Waals surface area contributed by atoms with Gasteiger partial charge in [0.05, 0.1) is 0 Å². The van der Waals surface area contributed by atoms with E-state index in [0.29, 0.717) is 0 Å². The van der Waals surface area contributed by atoms with Gasteiger partial charge >= 0.3 is 0 Å². The van der Waals surface area contributed by atoms with Crippen molar-refractivity contribution in [2.24, 2.45) is 0 Å². The summed E-state index contributed by atoms with van der Waals surface area (Å²) in [4.78, 5) is 2.00. The maximum Gasteiger partial charge on any atom is -0.00979 e. The van der Waals surface area contributed by atoms with E-state index < -0.39 is 0 Å². The molecule has 2 heteroatoms. The summed E-state index contributed by atoms with van der Waals surface area (Å²) in [6.07, 6.45) is 12.7. The van der Waals surface area contributed by atoms with E-state index in [-0.39, 0.29) is 0 Å². The van der Waals surface area contributed by atoms with E-state index in [1.807, 2.05) is 26.0 Å². The van der Waals surface area contributed by atoms with Gasteiger partial charge in [-0.15, -0.1) is 0 Å². The third-order valence-electron chi connectivity index (χ3n) is 2.26. The fraction of sp³-hybridized carbons (Fsp3) is 1.00. The second kappa shape index (κ2) is 17.7. The van der Waals surface area contributed by atoms with Crippen molar-refractivity contribution >= 4 is 12.6 Å². The lowest BCUT2D eigenvalue weighted by molar-refractivity contribution is 0.505. The van der Waals surface area contributed by atoms with Crippen LogP contribution in [-0.4, -0.2) is 31.8 Å². The molecule has 0 N–H and O–H groups in total. The van der Waals surface area contributed by atoms with Crippen molar-refractivity contribution in [2.45, 2.75) is 64.7 Å². The Morgan fingerprint density at radius 1 is 0.688 bits per heavy atom. The molecule has 0 aliphatic heterocycles. The van der Waals surface area contributed by atoms with Crippen LogP contribution < -0.4 is 0 Å². The van der Waals surface area contributed by atoms with Crippen molar-refractivity contribution in [1.29, 1.82) is 0 Å². The molecule has 0 saturated carbocycles. The maximum absolute atomic E-state index is 4.19. The van der Waals surface area contributed by atoms with Gasteiger partial charge in [0.1, 0.15) is 0 Å². The molecule has 0 bridgehead atoms. The maximum atomic E-state index is 4.19. The molecule has 0 aromatic heterocycles. The number of thiol groups is 1. The van der Waals surface area contributed by atoms with Gasteiger partial charge in [0.25, 0.3) is 0 Å². The lowest BCUT2D eigenvalue weighted by Gasteiger charge is -1.99. The lowest BCUT2D eigenvalue weighted by Crippen LogP contribution is -1.99. The number of nitrogens with zero attached hydrogens (tertiary/aromatic N) is 1. The van der Waals surface area contributed by atoms with Crippen LogP contribution in [0.15, 0.2) is 0 Å². The smallest absolute Gasteiger partial charge is 0.00979 e. The van der Waals surface area contributed by atoms with Crippen LogP contribution in [0.1, 0.15) is 64.7 Å². The average Bonchev–Trinajstić information content (AvgIpc) is 2.21. The van der Waals surface area contributed by atoms with E-state index in [4.69, 9.17) is 0 Å². The Labute approximate surface area is 109 Å². The molecule has 0 aliphatic rings. The molecule has 0 aromatic carbocycles. The molecule has 0 fully saturated rings. The van der Waals surface area contributed by atoms with Gasteiger partial charge in [0, 0.05) is 0 Å². The number of rotatable bonds is 9. The molecule has 1 nitrogen and oxygen atoms in total. The van der Waals surface area contributed by atoms with Gasteiger partial charge in [0.2, 0.25) is 0 Å². The second-order valence-corrected chi connectivity index (χ2v) is 5.34. The monoisotopic (exact) mass is 247 g/mol. The third kappa shape index (κ3) is 29.2. The van der Waals surface area contributed by atoms with E-state index in [0.717, 1.165) is 5.75 Å². The Bertz CT molecular complexity index is 92.2. The summed E-state index contributed by atoms with van der Waals surface area (Å²) in [5.41, 5.74) is 0. The minimum atomic E-state index is 1.07. The van der Waals surface area contributed by atoms with E-state index in [9.17, 15) is 0 Å². The Hall–Kier alpha value is 0.310. The first-order valence-electron chi connectivity index (χ1n) is 6.86. The van der Waals surface area contributed by atoms with Crippen LogP contribution in [0.2, 0.25) is 0 Å². The first-order valence-corrected chi connectivity index (χ1v) is 7.50. The largest absolute Gasteiger partial charge is 0.312 e. The van der Waals surface area contributed by atoms with E-state index >= 15 is 0 Å². The molecule has 0 radical (unpaired) electrons. The summed E-state index contributed by atoms with van der Waals surface area (Å²) in [5, 5.41) is 0. The van der Waals surface area contributed by atoms with Crippen LogP contribution in [0.25, 0.3) is 0 Å².